The van der Waals surface area contributed by atoms with Crippen molar-refractivity contribution in [2.24, 2.45) is 5.73 Å². The number of hydrogen-bond acceptors (Lipinski definition) is 1. The third-order valence-electron chi connectivity index (χ3n) is 5.30. The molecule has 27 heavy (non-hydrogen) atoms. The van der Waals surface area contributed by atoms with Crippen molar-refractivity contribution in [1.29, 1.82) is 0 Å². The minimum atomic E-state index is 0.841. The van der Waals surface area contributed by atoms with Gasteiger partial charge in [0.15, 0.2) is 0 Å². The molecule has 5 rings (SSSR count). The van der Waals surface area contributed by atoms with Gasteiger partial charge in [-0.15, -0.1) is 0 Å². The van der Waals surface area contributed by atoms with E-state index in [1.807, 2.05) is 0 Å². The van der Waals surface area contributed by atoms with Gasteiger partial charge in [0.1, 0.15) is 0 Å². The fraction of sp³-hybridized carbons (Fsp3) is 0.0385. The minimum absolute atomic E-state index is 0.841. The zero-order chi connectivity index (χ0) is 18.2. The minimum Gasteiger partial charge on any atom is -0.402 e. The number of nitrogens with two attached hydrogens (primary N) is 1. The highest BCUT2D eigenvalue weighted by Gasteiger charge is 2.17. The molecule has 1 radical (unpaired) electrons. The molecule has 4 aromatic rings. The Bertz CT molecular complexity index is 1160. The van der Waals surface area contributed by atoms with Crippen molar-refractivity contribution in [2.45, 2.75) is 6.42 Å². The summed E-state index contributed by atoms with van der Waals surface area (Å²) in [5.74, 6) is 0. The summed E-state index contributed by atoms with van der Waals surface area (Å²) < 4.78 is 0. The molecule has 0 amide bonds. The molecule has 0 aliphatic heterocycles. The van der Waals surface area contributed by atoms with Gasteiger partial charge >= 0.3 is 0 Å². The maximum atomic E-state index is 6.14. The molecular weight excluding hydrogens is 326 g/mol. The number of rotatable bonds is 2. The van der Waals surface area contributed by atoms with Gasteiger partial charge in [-0.1, -0.05) is 84.9 Å². The van der Waals surface area contributed by atoms with E-state index in [2.05, 4.69) is 97.4 Å². The average Bonchev–Trinajstić information content (AvgIpc) is 2.72. The third kappa shape index (κ3) is 2.63. The van der Waals surface area contributed by atoms with Crippen LogP contribution in [0.4, 0.5) is 0 Å². The smallest absolute Gasteiger partial charge is 0.0128 e. The summed E-state index contributed by atoms with van der Waals surface area (Å²) in [6, 6.07) is 28.1. The molecule has 0 saturated carbocycles. The van der Waals surface area contributed by atoms with Crippen molar-refractivity contribution < 1.29 is 0 Å². The monoisotopic (exact) mass is 346 g/mol. The zero-order valence-corrected chi connectivity index (χ0v) is 15.0. The van der Waals surface area contributed by atoms with E-state index in [4.69, 9.17) is 5.73 Å². The molecule has 0 atom stereocenters. The zero-order valence-electron chi connectivity index (χ0n) is 15.0. The maximum absolute atomic E-state index is 6.14. The van der Waals surface area contributed by atoms with Gasteiger partial charge in [0.25, 0.3) is 0 Å². The van der Waals surface area contributed by atoms with Crippen LogP contribution in [-0.4, -0.2) is 0 Å². The molecule has 1 nitrogen and oxygen atoms in total. The van der Waals surface area contributed by atoms with Gasteiger partial charge in [0.2, 0.25) is 0 Å². The van der Waals surface area contributed by atoms with E-state index in [1.165, 1.54) is 43.8 Å². The van der Waals surface area contributed by atoms with Gasteiger partial charge in [0, 0.05) is 12.1 Å². The lowest BCUT2D eigenvalue weighted by Gasteiger charge is -2.19. The normalized spacial score (nSPS) is 14.2. The maximum Gasteiger partial charge on any atom is 0.0128 e. The molecule has 2 N–H and O–H groups in total. The standard InChI is InChI=1S/C26H20N/c27-20-12-8-11-19(17-20)26-23-15-6-4-13-21(23)25(18-9-2-1-3-10-18)22-14-5-7-16-24(22)26/h1-7,9-17H,8,27H2. The van der Waals surface area contributed by atoms with Crippen molar-refractivity contribution in [2.75, 3.05) is 0 Å². The summed E-state index contributed by atoms with van der Waals surface area (Å²) in [5, 5.41) is 5.10. The highest BCUT2D eigenvalue weighted by Crippen LogP contribution is 2.42. The van der Waals surface area contributed by atoms with Gasteiger partial charge in [-0.25, -0.2) is 0 Å². The Balaban J connectivity index is 1.97. The van der Waals surface area contributed by atoms with Crippen LogP contribution in [0.3, 0.4) is 0 Å². The second-order valence-electron chi connectivity index (χ2n) is 6.95. The SMILES string of the molecule is NC1=CC(c2c3ccccc3c(-c3ccccc3)c3ccccc23)=CC[CH]1. The van der Waals surface area contributed by atoms with Crippen molar-refractivity contribution >= 4 is 27.1 Å². The highest BCUT2D eigenvalue weighted by atomic mass is 14.6. The Kier molecular flexibility index (Phi) is 3.79. The molecule has 1 heteroatoms. The highest BCUT2D eigenvalue weighted by molar-refractivity contribution is 6.19. The van der Waals surface area contributed by atoms with Crippen LogP contribution in [0.15, 0.2) is 96.7 Å². The van der Waals surface area contributed by atoms with E-state index >= 15 is 0 Å². The van der Waals surface area contributed by atoms with Gasteiger partial charge < -0.3 is 5.73 Å². The molecule has 1 aliphatic carbocycles. The Morgan fingerprint density at radius 1 is 0.593 bits per heavy atom. The summed E-state index contributed by atoms with van der Waals surface area (Å²) >= 11 is 0. The number of fused-ring (bicyclic) bond motifs is 2. The predicted molar refractivity (Wildman–Crippen MR) is 116 cm³/mol. The van der Waals surface area contributed by atoms with E-state index in [0.717, 1.165) is 12.1 Å². The lowest BCUT2D eigenvalue weighted by molar-refractivity contribution is 1.16. The van der Waals surface area contributed by atoms with E-state index in [0.29, 0.717) is 0 Å². The number of hydrogen-bond donors (Lipinski definition) is 1. The third-order valence-corrected chi connectivity index (χ3v) is 5.30. The fourth-order valence-corrected chi connectivity index (χ4v) is 4.15. The number of benzene rings is 4. The molecule has 1 aliphatic rings. The van der Waals surface area contributed by atoms with E-state index < -0.39 is 0 Å². The Hall–Kier alpha value is -3.32. The lowest BCUT2D eigenvalue weighted by atomic mass is 9.84. The second-order valence-corrected chi connectivity index (χ2v) is 6.95. The van der Waals surface area contributed by atoms with Gasteiger partial charge in [-0.05, 0) is 56.3 Å². The van der Waals surface area contributed by atoms with Crippen LogP contribution >= 0.6 is 0 Å². The van der Waals surface area contributed by atoms with Crippen LogP contribution in [0.25, 0.3) is 38.2 Å². The quantitative estimate of drug-likeness (QED) is 0.412. The summed E-state index contributed by atoms with van der Waals surface area (Å²) in [6.45, 7) is 0. The van der Waals surface area contributed by atoms with E-state index in [9.17, 15) is 0 Å². The summed E-state index contributed by atoms with van der Waals surface area (Å²) in [4.78, 5) is 0. The Labute approximate surface area is 159 Å². The fourth-order valence-electron chi connectivity index (χ4n) is 4.15. The first kappa shape index (κ1) is 15.9. The van der Waals surface area contributed by atoms with E-state index in [-0.39, 0.29) is 0 Å². The molecule has 0 spiro atoms. The van der Waals surface area contributed by atoms with Crippen molar-refractivity contribution in [3.8, 4) is 11.1 Å². The molecule has 0 heterocycles. The van der Waals surface area contributed by atoms with E-state index in [1.54, 1.807) is 0 Å². The Morgan fingerprint density at radius 3 is 1.67 bits per heavy atom. The second kappa shape index (κ2) is 6.44. The molecule has 0 unspecified atom stereocenters. The molecule has 0 saturated heterocycles. The number of allylic oxidation sites excluding steroid dienone is 4. The summed E-state index contributed by atoms with van der Waals surface area (Å²) in [6.07, 6.45) is 7.31. The van der Waals surface area contributed by atoms with Crippen LogP contribution < -0.4 is 5.73 Å². The summed E-state index contributed by atoms with van der Waals surface area (Å²) in [5.41, 5.74) is 12.0. The molecule has 0 fully saturated rings. The summed E-state index contributed by atoms with van der Waals surface area (Å²) in [7, 11) is 0. The molecule has 129 valence electrons. The largest absolute Gasteiger partial charge is 0.402 e. The Morgan fingerprint density at radius 2 is 1.11 bits per heavy atom. The predicted octanol–water partition coefficient (Wildman–Crippen LogP) is 6.49. The first-order valence-corrected chi connectivity index (χ1v) is 9.33. The molecule has 4 aromatic carbocycles. The molecule has 0 bridgehead atoms. The topological polar surface area (TPSA) is 26.0 Å². The van der Waals surface area contributed by atoms with Gasteiger partial charge in [0.05, 0.1) is 0 Å². The first-order valence-electron chi connectivity index (χ1n) is 9.33. The van der Waals surface area contributed by atoms with Crippen molar-refractivity contribution in [3.05, 3.63) is 109 Å². The van der Waals surface area contributed by atoms with Crippen LogP contribution in [0.5, 0.6) is 0 Å². The van der Waals surface area contributed by atoms with Crippen LogP contribution in [0, 0.1) is 6.42 Å². The van der Waals surface area contributed by atoms with Gasteiger partial charge in [-0.2, -0.15) is 0 Å². The lowest BCUT2D eigenvalue weighted by Crippen LogP contribution is -2.03. The van der Waals surface area contributed by atoms with Crippen LogP contribution in [-0.2, 0) is 0 Å². The van der Waals surface area contributed by atoms with Crippen LogP contribution in [0.2, 0.25) is 0 Å². The molecular formula is C26H20N. The molecule has 0 aromatic heterocycles. The van der Waals surface area contributed by atoms with Crippen LogP contribution in [0.1, 0.15) is 12.0 Å². The van der Waals surface area contributed by atoms with Gasteiger partial charge in [-0.3, -0.25) is 0 Å². The average molecular weight is 346 g/mol. The van der Waals surface area contributed by atoms with Crippen molar-refractivity contribution in [3.63, 3.8) is 0 Å². The first-order chi connectivity index (χ1) is 13.3. The van der Waals surface area contributed by atoms with Crippen molar-refractivity contribution in [1.82, 2.24) is 0 Å².